The second-order valence-corrected chi connectivity index (χ2v) is 5.91. The predicted octanol–water partition coefficient (Wildman–Crippen LogP) is 2.36. The Hall–Kier alpha value is -2.80. The number of fused-ring (bicyclic) bond motifs is 2. The van der Waals surface area contributed by atoms with E-state index in [-0.39, 0.29) is 6.04 Å². The summed E-state index contributed by atoms with van der Waals surface area (Å²) in [5.41, 5.74) is 1.90. The molecule has 0 saturated carbocycles. The highest BCUT2D eigenvalue weighted by Gasteiger charge is 2.19. The van der Waals surface area contributed by atoms with E-state index in [1.807, 2.05) is 40.9 Å². The van der Waals surface area contributed by atoms with Gasteiger partial charge in [0.2, 0.25) is 5.75 Å². The summed E-state index contributed by atoms with van der Waals surface area (Å²) in [5, 5.41) is 12.0. The van der Waals surface area contributed by atoms with E-state index >= 15 is 0 Å². The molecule has 1 atom stereocenters. The molecule has 1 N–H and O–H groups in total. The van der Waals surface area contributed by atoms with Gasteiger partial charge in [-0.15, -0.1) is 10.2 Å². The lowest BCUT2D eigenvalue weighted by Crippen LogP contribution is -2.21. The molecular weight excluding hydrogens is 320 g/mol. The fraction of sp³-hybridized carbons (Fsp3) is 0.333. The van der Waals surface area contributed by atoms with Crippen LogP contribution in [-0.2, 0) is 6.54 Å². The van der Waals surface area contributed by atoms with Gasteiger partial charge in [-0.2, -0.15) is 0 Å². The molecule has 0 aliphatic carbocycles. The third-order valence-corrected chi connectivity index (χ3v) is 4.23. The lowest BCUT2D eigenvalue weighted by atomic mass is 10.1. The molecule has 0 radical (unpaired) electrons. The highest BCUT2D eigenvalue weighted by molar-refractivity contribution is 5.54. The number of hydrogen-bond donors (Lipinski definition) is 1. The molecule has 0 spiro atoms. The first-order chi connectivity index (χ1) is 12.3. The Labute approximate surface area is 145 Å². The SMILES string of the molecule is COc1cc(CNC(C)c2nnc3ccccn23)cc2c1OCCO2. The topological polar surface area (TPSA) is 69.9 Å². The van der Waals surface area contributed by atoms with Gasteiger partial charge in [-0.25, -0.2) is 0 Å². The van der Waals surface area contributed by atoms with Crippen LogP contribution in [0.4, 0.5) is 0 Å². The summed E-state index contributed by atoms with van der Waals surface area (Å²) in [4.78, 5) is 0. The van der Waals surface area contributed by atoms with Crippen LogP contribution in [0.5, 0.6) is 17.2 Å². The Morgan fingerprint density at radius 3 is 3.00 bits per heavy atom. The number of nitrogens with one attached hydrogen (secondary N) is 1. The van der Waals surface area contributed by atoms with Crippen LogP contribution in [-0.4, -0.2) is 34.9 Å². The zero-order valence-electron chi connectivity index (χ0n) is 14.2. The van der Waals surface area contributed by atoms with Crippen molar-refractivity contribution in [1.29, 1.82) is 0 Å². The zero-order valence-corrected chi connectivity index (χ0v) is 14.2. The standard InChI is InChI=1S/C18H20N4O3/c1-12(18-21-20-16-5-3-4-6-22(16)18)19-11-13-9-14(23-2)17-15(10-13)24-7-8-25-17/h3-6,9-10,12,19H,7-8,11H2,1-2H3. The number of hydrogen-bond acceptors (Lipinski definition) is 6. The highest BCUT2D eigenvalue weighted by Crippen LogP contribution is 2.40. The molecule has 3 heterocycles. The van der Waals surface area contributed by atoms with Gasteiger partial charge in [0.05, 0.1) is 13.2 Å². The maximum absolute atomic E-state index is 5.68. The van der Waals surface area contributed by atoms with E-state index in [4.69, 9.17) is 14.2 Å². The minimum atomic E-state index is 0.0385. The van der Waals surface area contributed by atoms with Crippen molar-refractivity contribution in [3.63, 3.8) is 0 Å². The summed E-state index contributed by atoms with van der Waals surface area (Å²) in [7, 11) is 1.63. The van der Waals surface area contributed by atoms with Crippen molar-refractivity contribution in [1.82, 2.24) is 19.9 Å². The van der Waals surface area contributed by atoms with Crippen molar-refractivity contribution in [2.45, 2.75) is 19.5 Å². The molecule has 130 valence electrons. The maximum Gasteiger partial charge on any atom is 0.203 e. The van der Waals surface area contributed by atoms with Crippen molar-refractivity contribution in [2.75, 3.05) is 20.3 Å². The van der Waals surface area contributed by atoms with Crippen LogP contribution >= 0.6 is 0 Å². The van der Waals surface area contributed by atoms with Gasteiger partial charge < -0.3 is 19.5 Å². The van der Waals surface area contributed by atoms with Crippen molar-refractivity contribution < 1.29 is 14.2 Å². The lowest BCUT2D eigenvalue weighted by Gasteiger charge is -2.22. The fourth-order valence-electron chi connectivity index (χ4n) is 2.95. The number of ether oxygens (including phenoxy) is 3. The monoisotopic (exact) mass is 340 g/mol. The number of aromatic nitrogens is 3. The van der Waals surface area contributed by atoms with Gasteiger partial charge in [0, 0.05) is 12.7 Å². The second-order valence-electron chi connectivity index (χ2n) is 5.91. The minimum absolute atomic E-state index is 0.0385. The van der Waals surface area contributed by atoms with Crippen LogP contribution in [0.25, 0.3) is 5.65 Å². The highest BCUT2D eigenvalue weighted by atomic mass is 16.6. The largest absolute Gasteiger partial charge is 0.493 e. The molecule has 0 saturated heterocycles. The quantitative estimate of drug-likeness (QED) is 0.769. The molecule has 1 aliphatic rings. The van der Waals surface area contributed by atoms with Crippen LogP contribution in [0.3, 0.4) is 0 Å². The zero-order chi connectivity index (χ0) is 17.2. The maximum atomic E-state index is 5.68. The van der Waals surface area contributed by atoms with Gasteiger partial charge >= 0.3 is 0 Å². The number of methoxy groups -OCH3 is 1. The molecule has 7 nitrogen and oxygen atoms in total. The summed E-state index contributed by atoms with van der Waals surface area (Å²) in [5.74, 6) is 2.96. The Kier molecular flexibility index (Phi) is 4.15. The van der Waals surface area contributed by atoms with E-state index in [1.54, 1.807) is 7.11 Å². The first-order valence-corrected chi connectivity index (χ1v) is 8.26. The van der Waals surface area contributed by atoms with E-state index in [9.17, 15) is 0 Å². The van der Waals surface area contributed by atoms with E-state index < -0.39 is 0 Å². The number of pyridine rings is 1. The molecule has 0 fully saturated rings. The van der Waals surface area contributed by atoms with Crippen molar-refractivity contribution in [2.24, 2.45) is 0 Å². The summed E-state index contributed by atoms with van der Waals surface area (Å²) in [6, 6.07) is 9.85. The summed E-state index contributed by atoms with van der Waals surface area (Å²) < 4.78 is 18.7. The molecule has 2 aromatic heterocycles. The van der Waals surface area contributed by atoms with Crippen LogP contribution in [0.15, 0.2) is 36.5 Å². The Balaban J connectivity index is 1.53. The Morgan fingerprint density at radius 2 is 2.12 bits per heavy atom. The van der Waals surface area contributed by atoms with Gasteiger partial charge in [0.1, 0.15) is 13.2 Å². The fourth-order valence-corrected chi connectivity index (χ4v) is 2.95. The third kappa shape index (κ3) is 2.98. The Bertz CT molecular complexity index is 876. The van der Waals surface area contributed by atoms with E-state index in [0.717, 1.165) is 22.8 Å². The first-order valence-electron chi connectivity index (χ1n) is 8.26. The molecule has 0 amide bonds. The number of benzene rings is 1. The summed E-state index contributed by atoms with van der Waals surface area (Å²) in [6.07, 6.45) is 1.97. The van der Waals surface area contributed by atoms with Crippen LogP contribution in [0, 0.1) is 0 Å². The van der Waals surface area contributed by atoms with Gasteiger partial charge in [0.25, 0.3) is 0 Å². The van der Waals surface area contributed by atoms with Crippen molar-refractivity contribution >= 4 is 5.65 Å². The summed E-state index contributed by atoms with van der Waals surface area (Å²) >= 11 is 0. The average Bonchev–Trinajstić information content (AvgIpc) is 3.09. The van der Waals surface area contributed by atoms with Crippen LogP contribution in [0.2, 0.25) is 0 Å². The van der Waals surface area contributed by atoms with Crippen LogP contribution in [0.1, 0.15) is 24.4 Å². The second kappa shape index (κ2) is 6.60. The average molecular weight is 340 g/mol. The van der Waals surface area contributed by atoms with E-state index in [0.29, 0.717) is 31.3 Å². The summed E-state index contributed by atoms with van der Waals surface area (Å²) in [6.45, 7) is 3.81. The van der Waals surface area contributed by atoms with E-state index in [1.165, 1.54) is 0 Å². The molecule has 4 rings (SSSR count). The van der Waals surface area contributed by atoms with Crippen LogP contribution < -0.4 is 19.5 Å². The molecule has 7 heteroatoms. The van der Waals surface area contributed by atoms with Gasteiger partial charge in [-0.05, 0) is 36.8 Å². The minimum Gasteiger partial charge on any atom is -0.493 e. The molecule has 1 unspecified atom stereocenters. The lowest BCUT2D eigenvalue weighted by molar-refractivity contribution is 0.165. The van der Waals surface area contributed by atoms with Crippen molar-refractivity contribution in [3.8, 4) is 17.2 Å². The van der Waals surface area contributed by atoms with Gasteiger partial charge in [0.15, 0.2) is 23.0 Å². The molecule has 25 heavy (non-hydrogen) atoms. The number of nitrogens with zero attached hydrogens (tertiary/aromatic N) is 3. The first kappa shape index (κ1) is 15.7. The predicted molar refractivity (Wildman–Crippen MR) is 92.2 cm³/mol. The smallest absolute Gasteiger partial charge is 0.203 e. The normalized spacial score (nSPS) is 14.5. The molecule has 0 bridgehead atoms. The molecule has 1 aliphatic heterocycles. The third-order valence-electron chi connectivity index (χ3n) is 4.23. The molecule has 1 aromatic carbocycles. The molecular formula is C18H20N4O3. The van der Waals surface area contributed by atoms with E-state index in [2.05, 4.69) is 22.4 Å². The van der Waals surface area contributed by atoms with Gasteiger partial charge in [-0.3, -0.25) is 4.40 Å². The van der Waals surface area contributed by atoms with Crippen molar-refractivity contribution in [3.05, 3.63) is 47.9 Å². The van der Waals surface area contributed by atoms with Gasteiger partial charge in [-0.1, -0.05) is 6.07 Å². The Morgan fingerprint density at radius 1 is 1.24 bits per heavy atom. The molecule has 3 aromatic rings. The number of rotatable bonds is 5.